The van der Waals surface area contributed by atoms with E-state index in [1.54, 1.807) is 14.0 Å². The minimum absolute atomic E-state index is 0.343. The maximum atomic E-state index is 11.2. The van der Waals surface area contributed by atoms with Gasteiger partial charge >= 0.3 is 0 Å². The molecule has 1 aromatic rings. The first-order valence-electron chi connectivity index (χ1n) is 5.31. The summed E-state index contributed by atoms with van der Waals surface area (Å²) in [6.45, 7) is 1.96. The second kappa shape index (κ2) is 5.05. The molecule has 0 aliphatic rings. The molecule has 0 heterocycles. The highest BCUT2D eigenvalue weighted by Gasteiger charge is 2.27. The van der Waals surface area contributed by atoms with Crippen LogP contribution in [0.4, 0.5) is 5.69 Å². The van der Waals surface area contributed by atoms with Crippen LogP contribution in [0.15, 0.2) is 24.3 Å². The number of rotatable bonds is 5. The zero-order valence-corrected chi connectivity index (χ0v) is 10.4. The first kappa shape index (κ1) is 13.3. The molecule has 5 nitrogen and oxygen atoms in total. The molecule has 0 aliphatic heterocycles. The third kappa shape index (κ3) is 3.35. The number of carbonyl (C=O) groups excluding carboxylic acids is 1. The molecule has 1 atom stereocenters. The van der Waals surface area contributed by atoms with E-state index in [1.165, 1.54) is 0 Å². The fourth-order valence-corrected chi connectivity index (χ4v) is 1.51. The summed E-state index contributed by atoms with van der Waals surface area (Å²) in [7, 11) is 3.46. The molecule has 1 aromatic carbocycles. The predicted molar refractivity (Wildman–Crippen MR) is 68.1 cm³/mol. The van der Waals surface area contributed by atoms with Crippen LogP contribution in [-0.2, 0) is 4.79 Å². The number of methoxy groups -OCH3 is 1. The summed E-state index contributed by atoms with van der Waals surface area (Å²) < 4.78 is 5.13. The lowest BCUT2D eigenvalue weighted by Gasteiger charge is -2.29. The lowest BCUT2D eigenvalue weighted by atomic mass is 10.0. The second-order valence-electron chi connectivity index (χ2n) is 4.34. The predicted octanol–water partition coefficient (Wildman–Crippen LogP) is 0.334. The van der Waals surface area contributed by atoms with E-state index < -0.39 is 11.4 Å². The van der Waals surface area contributed by atoms with Gasteiger partial charge in [0.25, 0.3) is 0 Å². The van der Waals surface area contributed by atoms with Crippen LogP contribution in [0.5, 0.6) is 5.75 Å². The Morgan fingerprint density at radius 2 is 2.18 bits per heavy atom. The van der Waals surface area contributed by atoms with E-state index in [0.717, 1.165) is 11.4 Å². The molecular formula is C12H19N3O2. The molecular weight excluding hydrogens is 218 g/mol. The Bertz CT molecular complexity index is 404. The van der Waals surface area contributed by atoms with Crippen molar-refractivity contribution in [2.24, 2.45) is 11.5 Å². The fraction of sp³-hybridized carbons (Fsp3) is 0.417. The van der Waals surface area contributed by atoms with Crippen molar-refractivity contribution in [1.29, 1.82) is 0 Å². The number of hydrogen-bond acceptors (Lipinski definition) is 4. The Kier molecular flexibility index (Phi) is 3.96. The molecule has 0 saturated heterocycles. The highest BCUT2D eigenvalue weighted by atomic mass is 16.5. The molecule has 17 heavy (non-hydrogen) atoms. The third-order valence-electron chi connectivity index (χ3n) is 2.62. The number of carbonyl (C=O) groups is 1. The first-order chi connectivity index (χ1) is 7.86. The number of nitrogens with two attached hydrogens (primary N) is 2. The molecule has 5 heteroatoms. The molecule has 1 unspecified atom stereocenters. The lowest BCUT2D eigenvalue weighted by molar-refractivity contribution is -0.122. The molecule has 0 radical (unpaired) electrons. The Morgan fingerprint density at radius 1 is 1.53 bits per heavy atom. The molecule has 0 bridgehead atoms. The van der Waals surface area contributed by atoms with Gasteiger partial charge in [0.2, 0.25) is 5.91 Å². The molecule has 0 aromatic heterocycles. The van der Waals surface area contributed by atoms with Crippen LogP contribution in [0, 0.1) is 0 Å². The van der Waals surface area contributed by atoms with Crippen molar-refractivity contribution in [3.05, 3.63) is 24.3 Å². The number of ether oxygens (including phenoxy) is 1. The van der Waals surface area contributed by atoms with Crippen LogP contribution in [-0.4, -0.2) is 32.1 Å². The topological polar surface area (TPSA) is 81.6 Å². The van der Waals surface area contributed by atoms with Gasteiger partial charge in [-0.15, -0.1) is 0 Å². The second-order valence-corrected chi connectivity index (χ2v) is 4.34. The summed E-state index contributed by atoms with van der Waals surface area (Å²) in [5.74, 6) is 0.236. The van der Waals surface area contributed by atoms with Crippen molar-refractivity contribution < 1.29 is 9.53 Å². The molecule has 4 N–H and O–H groups in total. The van der Waals surface area contributed by atoms with Crippen LogP contribution in [0.2, 0.25) is 0 Å². The average molecular weight is 237 g/mol. The van der Waals surface area contributed by atoms with Gasteiger partial charge in [-0.2, -0.15) is 0 Å². The molecule has 94 valence electrons. The van der Waals surface area contributed by atoms with Crippen LogP contribution in [0.1, 0.15) is 6.92 Å². The number of hydrogen-bond donors (Lipinski definition) is 2. The molecule has 1 rings (SSSR count). The third-order valence-corrected chi connectivity index (χ3v) is 2.62. The van der Waals surface area contributed by atoms with Gasteiger partial charge in [-0.25, -0.2) is 0 Å². The number of nitrogens with zero attached hydrogens (tertiary/aromatic N) is 1. The van der Waals surface area contributed by atoms with Crippen molar-refractivity contribution in [3.63, 3.8) is 0 Å². The number of likely N-dealkylation sites (N-methyl/N-ethyl adjacent to an activating group) is 1. The summed E-state index contributed by atoms with van der Waals surface area (Å²) in [4.78, 5) is 13.0. The minimum Gasteiger partial charge on any atom is -0.497 e. The van der Waals surface area contributed by atoms with Gasteiger partial charge < -0.3 is 21.1 Å². The Morgan fingerprint density at radius 3 is 2.71 bits per heavy atom. The number of anilines is 1. The number of amides is 1. The van der Waals surface area contributed by atoms with Crippen molar-refractivity contribution >= 4 is 11.6 Å². The first-order valence-corrected chi connectivity index (χ1v) is 5.31. The van der Waals surface area contributed by atoms with Crippen LogP contribution < -0.4 is 21.1 Å². The van der Waals surface area contributed by atoms with Crippen molar-refractivity contribution in [1.82, 2.24) is 0 Å². The van der Waals surface area contributed by atoms with E-state index >= 15 is 0 Å². The summed E-state index contributed by atoms with van der Waals surface area (Å²) in [5, 5.41) is 0. The standard InChI is InChI=1S/C12H19N3O2/c1-12(14,11(13)16)8-15(2)9-5-4-6-10(7-9)17-3/h4-7H,8,14H2,1-3H3,(H2,13,16). The summed E-state index contributed by atoms with van der Waals surface area (Å²) in [6.07, 6.45) is 0. The van der Waals surface area contributed by atoms with Gasteiger partial charge in [0.15, 0.2) is 0 Å². The van der Waals surface area contributed by atoms with E-state index in [0.29, 0.717) is 6.54 Å². The maximum absolute atomic E-state index is 11.2. The van der Waals surface area contributed by atoms with Gasteiger partial charge in [-0.1, -0.05) is 6.07 Å². The lowest BCUT2D eigenvalue weighted by Crippen LogP contribution is -2.56. The molecule has 0 saturated carbocycles. The fourth-order valence-electron chi connectivity index (χ4n) is 1.51. The van der Waals surface area contributed by atoms with Gasteiger partial charge in [-0.3, -0.25) is 4.79 Å². The van der Waals surface area contributed by atoms with E-state index in [9.17, 15) is 4.79 Å². The smallest absolute Gasteiger partial charge is 0.239 e. The highest BCUT2D eigenvalue weighted by molar-refractivity contribution is 5.84. The van der Waals surface area contributed by atoms with Gasteiger partial charge in [-0.05, 0) is 19.1 Å². The van der Waals surface area contributed by atoms with E-state index in [1.807, 2.05) is 36.2 Å². The molecule has 0 aliphatic carbocycles. The number of primary amides is 1. The number of benzene rings is 1. The monoisotopic (exact) mass is 237 g/mol. The van der Waals surface area contributed by atoms with Crippen molar-refractivity contribution in [3.8, 4) is 5.75 Å². The Hall–Kier alpha value is -1.75. The van der Waals surface area contributed by atoms with E-state index in [4.69, 9.17) is 16.2 Å². The normalized spacial score (nSPS) is 13.9. The van der Waals surface area contributed by atoms with Crippen LogP contribution in [0.3, 0.4) is 0 Å². The zero-order chi connectivity index (χ0) is 13.1. The largest absolute Gasteiger partial charge is 0.497 e. The maximum Gasteiger partial charge on any atom is 0.239 e. The highest BCUT2D eigenvalue weighted by Crippen LogP contribution is 2.20. The van der Waals surface area contributed by atoms with Gasteiger partial charge in [0.05, 0.1) is 7.11 Å². The summed E-state index contributed by atoms with van der Waals surface area (Å²) in [5.41, 5.74) is 10.9. The summed E-state index contributed by atoms with van der Waals surface area (Å²) in [6, 6.07) is 7.52. The molecule has 1 amide bonds. The minimum atomic E-state index is -1.06. The molecule has 0 fully saturated rings. The van der Waals surface area contributed by atoms with Crippen molar-refractivity contribution in [2.45, 2.75) is 12.5 Å². The van der Waals surface area contributed by atoms with Crippen LogP contribution >= 0.6 is 0 Å². The average Bonchev–Trinajstić information content (AvgIpc) is 2.28. The van der Waals surface area contributed by atoms with Crippen molar-refractivity contribution in [2.75, 3.05) is 25.6 Å². The molecule has 0 spiro atoms. The van der Waals surface area contributed by atoms with Gasteiger partial charge in [0, 0.05) is 25.3 Å². The summed E-state index contributed by atoms with van der Waals surface area (Å²) >= 11 is 0. The Labute approximate surface area is 101 Å². The zero-order valence-electron chi connectivity index (χ0n) is 10.4. The van der Waals surface area contributed by atoms with E-state index in [2.05, 4.69) is 0 Å². The van der Waals surface area contributed by atoms with Gasteiger partial charge in [0.1, 0.15) is 11.3 Å². The SMILES string of the molecule is COc1cccc(N(C)CC(C)(N)C(N)=O)c1. The quantitative estimate of drug-likeness (QED) is 0.773. The van der Waals surface area contributed by atoms with E-state index in [-0.39, 0.29) is 0 Å². The Balaban J connectivity index is 2.82. The van der Waals surface area contributed by atoms with Crippen LogP contribution in [0.25, 0.3) is 0 Å².